The lowest BCUT2D eigenvalue weighted by molar-refractivity contribution is 0.417. The second-order valence-corrected chi connectivity index (χ2v) is 5.98. The molecule has 2 heterocycles. The molecule has 126 valence electrons. The van der Waals surface area contributed by atoms with E-state index in [2.05, 4.69) is 22.4 Å². The molecule has 0 saturated carbocycles. The molecule has 2 aromatic carbocycles. The van der Waals surface area contributed by atoms with Gasteiger partial charge in [0.05, 0.1) is 23.8 Å². The van der Waals surface area contributed by atoms with Crippen molar-refractivity contribution in [1.82, 2.24) is 19.6 Å². The molecular weight excluding hydrogens is 338 g/mol. The molecule has 0 aliphatic rings. The molecule has 0 bridgehead atoms. The molecule has 0 saturated heterocycles. The summed E-state index contributed by atoms with van der Waals surface area (Å²) in [6.07, 6.45) is 0.773. The largest absolute Gasteiger partial charge is 0.495 e. The Morgan fingerprint density at radius 3 is 2.80 bits per heavy atom. The normalized spacial score (nSPS) is 11.2. The van der Waals surface area contributed by atoms with Crippen LogP contribution in [0.4, 0.5) is 11.5 Å². The molecule has 0 amide bonds. The molecule has 0 radical (unpaired) electrons. The lowest BCUT2D eigenvalue weighted by Gasteiger charge is -2.13. The van der Waals surface area contributed by atoms with Gasteiger partial charge in [-0.2, -0.15) is 0 Å². The average molecular weight is 354 g/mol. The molecule has 2 aromatic heterocycles. The number of anilines is 2. The van der Waals surface area contributed by atoms with Gasteiger partial charge in [-0.1, -0.05) is 30.7 Å². The third kappa shape index (κ3) is 2.64. The molecule has 0 aliphatic heterocycles. The Kier molecular flexibility index (Phi) is 3.89. The average Bonchev–Trinajstić information content (AvgIpc) is 3.07. The Balaban J connectivity index is 1.95. The minimum atomic E-state index is 0.603. The van der Waals surface area contributed by atoms with Crippen molar-refractivity contribution in [2.75, 3.05) is 12.4 Å². The van der Waals surface area contributed by atoms with Gasteiger partial charge >= 0.3 is 0 Å². The monoisotopic (exact) mass is 353 g/mol. The number of aryl methyl sites for hydroxylation is 1. The standard InChI is InChI=1S/C18H16ClN5O/c1-3-16-22-23-18-17(20-12-6-4-5-7-14(12)24(16)18)21-13-10-11(19)8-9-15(13)25-2/h4-10H,3H2,1-2H3,(H,20,21). The second-order valence-electron chi connectivity index (χ2n) is 5.55. The molecule has 6 nitrogen and oxygen atoms in total. The van der Waals surface area contributed by atoms with E-state index in [1.54, 1.807) is 19.2 Å². The summed E-state index contributed by atoms with van der Waals surface area (Å²) in [5, 5.41) is 12.5. The fourth-order valence-electron chi connectivity index (χ4n) is 2.86. The Hall–Kier alpha value is -2.86. The Labute approximate surface area is 149 Å². The number of para-hydroxylation sites is 2. The van der Waals surface area contributed by atoms with Gasteiger partial charge in [0.1, 0.15) is 11.6 Å². The van der Waals surface area contributed by atoms with Crippen molar-refractivity contribution in [3.63, 3.8) is 0 Å². The SMILES string of the molecule is CCc1nnc2c(Nc3cc(Cl)ccc3OC)nc3ccccc3n12. The summed E-state index contributed by atoms with van der Waals surface area (Å²) in [6.45, 7) is 2.05. The number of ether oxygens (including phenoxy) is 1. The molecular formula is C18H16ClN5O. The topological polar surface area (TPSA) is 64.3 Å². The van der Waals surface area contributed by atoms with E-state index in [0.717, 1.165) is 29.0 Å². The van der Waals surface area contributed by atoms with Crippen LogP contribution in [0.25, 0.3) is 16.7 Å². The molecule has 7 heteroatoms. The van der Waals surface area contributed by atoms with Crippen LogP contribution in [-0.4, -0.2) is 26.7 Å². The van der Waals surface area contributed by atoms with Crippen molar-refractivity contribution < 1.29 is 4.74 Å². The molecule has 1 N–H and O–H groups in total. The van der Waals surface area contributed by atoms with Crippen LogP contribution in [0.1, 0.15) is 12.7 Å². The van der Waals surface area contributed by atoms with Crippen LogP contribution >= 0.6 is 11.6 Å². The van der Waals surface area contributed by atoms with Gasteiger partial charge in [-0.25, -0.2) is 4.98 Å². The molecule has 0 unspecified atom stereocenters. The third-order valence-electron chi connectivity index (χ3n) is 4.03. The number of nitrogens with one attached hydrogen (secondary N) is 1. The van der Waals surface area contributed by atoms with Gasteiger partial charge in [-0.15, -0.1) is 10.2 Å². The van der Waals surface area contributed by atoms with Gasteiger partial charge in [0, 0.05) is 11.4 Å². The van der Waals surface area contributed by atoms with Crippen molar-refractivity contribution in [1.29, 1.82) is 0 Å². The number of benzene rings is 2. The first-order chi connectivity index (χ1) is 12.2. The smallest absolute Gasteiger partial charge is 0.204 e. The van der Waals surface area contributed by atoms with Crippen molar-refractivity contribution in [3.05, 3.63) is 53.3 Å². The molecule has 0 atom stereocenters. The second kappa shape index (κ2) is 6.22. The molecule has 0 spiro atoms. The summed E-state index contributed by atoms with van der Waals surface area (Å²) in [5.74, 6) is 2.16. The molecule has 0 aliphatic carbocycles. The number of halogens is 1. The highest BCUT2D eigenvalue weighted by atomic mass is 35.5. The van der Waals surface area contributed by atoms with E-state index < -0.39 is 0 Å². The Bertz CT molecular complexity index is 1080. The van der Waals surface area contributed by atoms with E-state index >= 15 is 0 Å². The Morgan fingerprint density at radius 1 is 1.16 bits per heavy atom. The van der Waals surface area contributed by atoms with Crippen LogP contribution in [-0.2, 0) is 6.42 Å². The number of methoxy groups -OCH3 is 1. The predicted molar refractivity (Wildman–Crippen MR) is 99.0 cm³/mol. The van der Waals surface area contributed by atoms with Crippen molar-refractivity contribution in [2.24, 2.45) is 0 Å². The van der Waals surface area contributed by atoms with E-state index in [0.29, 0.717) is 22.2 Å². The third-order valence-corrected chi connectivity index (χ3v) is 4.26. The lowest BCUT2D eigenvalue weighted by Crippen LogP contribution is -2.03. The van der Waals surface area contributed by atoms with Gasteiger partial charge in [0.25, 0.3) is 0 Å². The zero-order valence-corrected chi connectivity index (χ0v) is 14.6. The fraction of sp³-hybridized carbons (Fsp3) is 0.167. The van der Waals surface area contributed by atoms with Crippen molar-refractivity contribution in [3.8, 4) is 5.75 Å². The molecule has 4 aromatic rings. The maximum atomic E-state index is 6.13. The number of hydrogen-bond acceptors (Lipinski definition) is 5. The summed E-state index contributed by atoms with van der Waals surface area (Å²) < 4.78 is 7.44. The van der Waals surface area contributed by atoms with Crippen molar-refractivity contribution in [2.45, 2.75) is 13.3 Å². The Morgan fingerprint density at radius 2 is 2.00 bits per heavy atom. The van der Waals surface area contributed by atoms with Gasteiger partial charge in [0.15, 0.2) is 5.82 Å². The van der Waals surface area contributed by atoms with Crippen LogP contribution in [0, 0.1) is 0 Å². The van der Waals surface area contributed by atoms with Crippen molar-refractivity contribution >= 4 is 39.8 Å². The highest BCUT2D eigenvalue weighted by Gasteiger charge is 2.15. The quantitative estimate of drug-likeness (QED) is 0.594. The van der Waals surface area contributed by atoms with Gasteiger partial charge < -0.3 is 10.1 Å². The van der Waals surface area contributed by atoms with Crippen LogP contribution in [0.15, 0.2) is 42.5 Å². The number of rotatable bonds is 4. The van der Waals surface area contributed by atoms with E-state index in [9.17, 15) is 0 Å². The predicted octanol–water partition coefficient (Wildman–Crippen LogP) is 4.25. The highest BCUT2D eigenvalue weighted by Crippen LogP contribution is 2.32. The molecule has 4 rings (SSSR count). The zero-order valence-electron chi connectivity index (χ0n) is 13.8. The van der Waals surface area contributed by atoms with Crippen LogP contribution in [0.2, 0.25) is 5.02 Å². The summed E-state index contributed by atoms with van der Waals surface area (Å²) in [5.41, 5.74) is 3.22. The summed E-state index contributed by atoms with van der Waals surface area (Å²) in [4.78, 5) is 4.72. The van der Waals surface area contributed by atoms with E-state index in [-0.39, 0.29) is 0 Å². The van der Waals surface area contributed by atoms with E-state index in [4.69, 9.17) is 21.3 Å². The minimum absolute atomic E-state index is 0.603. The number of hydrogen-bond donors (Lipinski definition) is 1. The maximum Gasteiger partial charge on any atom is 0.204 e. The molecule has 0 fully saturated rings. The van der Waals surface area contributed by atoms with E-state index in [1.165, 1.54) is 0 Å². The zero-order chi connectivity index (χ0) is 17.4. The number of nitrogens with zero attached hydrogens (tertiary/aromatic N) is 4. The summed E-state index contributed by atoms with van der Waals surface area (Å²) in [6, 6.07) is 13.3. The lowest BCUT2D eigenvalue weighted by atomic mass is 10.2. The van der Waals surface area contributed by atoms with Crippen LogP contribution in [0.5, 0.6) is 5.75 Å². The van der Waals surface area contributed by atoms with Gasteiger partial charge in [-0.3, -0.25) is 4.40 Å². The first kappa shape index (κ1) is 15.7. The first-order valence-corrected chi connectivity index (χ1v) is 8.32. The fourth-order valence-corrected chi connectivity index (χ4v) is 3.03. The maximum absolute atomic E-state index is 6.13. The molecule has 25 heavy (non-hydrogen) atoms. The highest BCUT2D eigenvalue weighted by molar-refractivity contribution is 6.31. The number of aromatic nitrogens is 4. The van der Waals surface area contributed by atoms with Gasteiger partial charge in [0.2, 0.25) is 5.65 Å². The first-order valence-electron chi connectivity index (χ1n) is 7.94. The van der Waals surface area contributed by atoms with Crippen LogP contribution in [0.3, 0.4) is 0 Å². The summed E-state index contributed by atoms with van der Waals surface area (Å²) >= 11 is 6.13. The van der Waals surface area contributed by atoms with Gasteiger partial charge in [-0.05, 0) is 30.3 Å². The van der Waals surface area contributed by atoms with Crippen LogP contribution < -0.4 is 10.1 Å². The summed E-state index contributed by atoms with van der Waals surface area (Å²) in [7, 11) is 1.62. The van der Waals surface area contributed by atoms with E-state index in [1.807, 2.05) is 34.7 Å². The number of fused-ring (bicyclic) bond motifs is 3. The minimum Gasteiger partial charge on any atom is -0.495 e.